The zero-order valence-electron chi connectivity index (χ0n) is 5.75. The summed E-state index contributed by atoms with van der Waals surface area (Å²) in [6, 6.07) is 2.43. The van der Waals surface area contributed by atoms with E-state index in [0.29, 0.717) is 6.29 Å². The lowest BCUT2D eigenvalue weighted by molar-refractivity contribution is 0.112. The molecule has 0 unspecified atom stereocenters. The van der Waals surface area contributed by atoms with E-state index in [2.05, 4.69) is 4.29 Å². The van der Waals surface area contributed by atoms with E-state index in [1.807, 2.05) is 0 Å². The van der Waals surface area contributed by atoms with Gasteiger partial charge in [-0.25, -0.2) is 0 Å². The van der Waals surface area contributed by atoms with Crippen LogP contribution >= 0.6 is 23.5 Å². The fraction of sp³-hybridized carbons (Fsp3) is 0. The summed E-state index contributed by atoms with van der Waals surface area (Å²) in [5, 5.41) is 9.09. The molecule has 0 spiro atoms. The average molecular weight is 207 g/mol. The topological polar surface area (TPSA) is 46.5 Å². The molecule has 12 heavy (non-hydrogen) atoms. The molecule has 1 rings (SSSR count). The van der Waals surface area contributed by atoms with Crippen LogP contribution in [0, 0.1) is 0 Å². The number of aromatic hydroxyl groups is 1. The van der Waals surface area contributed by atoms with Crippen molar-refractivity contribution >= 4 is 29.8 Å². The normalized spacial score (nSPS) is 9.50. The predicted octanol–water partition coefficient (Wildman–Crippen LogP) is 2.39. The average Bonchev–Trinajstić information content (AvgIpc) is 2.03. The molecular weight excluding hydrogens is 203 g/mol. The van der Waals surface area contributed by atoms with Crippen LogP contribution in [0.1, 0.15) is 10.4 Å². The molecule has 0 aliphatic carbocycles. The van der Waals surface area contributed by atoms with Crippen LogP contribution in [-0.2, 0) is 0 Å². The van der Waals surface area contributed by atoms with Crippen LogP contribution in [0.4, 0.5) is 0 Å². The third-order valence-electron chi connectivity index (χ3n) is 1.26. The van der Waals surface area contributed by atoms with E-state index in [1.54, 1.807) is 0 Å². The van der Waals surface area contributed by atoms with Crippen LogP contribution in [0.2, 0.25) is 5.02 Å². The van der Waals surface area contributed by atoms with Gasteiger partial charge in [0.2, 0.25) is 0 Å². The van der Waals surface area contributed by atoms with E-state index in [1.165, 1.54) is 12.1 Å². The molecule has 3 nitrogen and oxygen atoms in total. The molecule has 1 aromatic carbocycles. The molecular formula is C7H4Cl2O3. The summed E-state index contributed by atoms with van der Waals surface area (Å²) in [5.41, 5.74) is 0.106. The number of benzene rings is 1. The van der Waals surface area contributed by atoms with Crippen molar-refractivity contribution in [3.05, 3.63) is 22.7 Å². The van der Waals surface area contributed by atoms with Crippen molar-refractivity contribution in [3.63, 3.8) is 0 Å². The van der Waals surface area contributed by atoms with Crippen molar-refractivity contribution in [1.82, 2.24) is 0 Å². The molecule has 0 amide bonds. The lowest BCUT2D eigenvalue weighted by Crippen LogP contribution is -1.86. The molecule has 5 heteroatoms. The van der Waals surface area contributed by atoms with Gasteiger partial charge in [-0.3, -0.25) is 4.79 Å². The van der Waals surface area contributed by atoms with Gasteiger partial charge in [-0.05, 0) is 6.07 Å². The molecule has 0 saturated carbocycles. The van der Waals surface area contributed by atoms with Crippen LogP contribution < -0.4 is 4.29 Å². The molecule has 0 heterocycles. The van der Waals surface area contributed by atoms with Gasteiger partial charge in [0.15, 0.2) is 12.0 Å². The Balaban J connectivity index is 3.33. The molecule has 0 aromatic heterocycles. The number of hydrogen-bond donors (Lipinski definition) is 1. The van der Waals surface area contributed by atoms with Gasteiger partial charge in [-0.2, -0.15) is 0 Å². The lowest BCUT2D eigenvalue weighted by Gasteiger charge is -2.02. The van der Waals surface area contributed by atoms with Crippen molar-refractivity contribution in [3.8, 4) is 11.5 Å². The number of carbonyl (C=O) groups excluding carboxylic acids is 1. The van der Waals surface area contributed by atoms with Gasteiger partial charge in [0.25, 0.3) is 0 Å². The minimum Gasteiger partial charge on any atom is -0.508 e. The SMILES string of the molecule is O=Cc1cc(O)cc(Cl)c1OCl. The second-order valence-electron chi connectivity index (χ2n) is 2.04. The smallest absolute Gasteiger partial charge is 0.175 e. The van der Waals surface area contributed by atoms with E-state index >= 15 is 0 Å². The molecule has 64 valence electrons. The third kappa shape index (κ3) is 1.62. The monoisotopic (exact) mass is 206 g/mol. The Morgan fingerprint density at radius 2 is 2.17 bits per heavy atom. The molecule has 0 aliphatic heterocycles. The zero-order chi connectivity index (χ0) is 9.14. The molecule has 0 aliphatic rings. The van der Waals surface area contributed by atoms with Gasteiger partial charge >= 0.3 is 0 Å². The van der Waals surface area contributed by atoms with E-state index in [9.17, 15) is 4.79 Å². The second kappa shape index (κ2) is 3.65. The Hall–Kier alpha value is -0.930. The van der Waals surface area contributed by atoms with Crippen molar-refractivity contribution < 1.29 is 14.2 Å². The Morgan fingerprint density at radius 3 is 2.67 bits per heavy atom. The molecule has 0 fully saturated rings. The summed E-state index contributed by atoms with van der Waals surface area (Å²) < 4.78 is 4.32. The highest BCUT2D eigenvalue weighted by atomic mass is 35.5. The van der Waals surface area contributed by atoms with Crippen molar-refractivity contribution in [2.24, 2.45) is 0 Å². The second-order valence-corrected chi connectivity index (χ2v) is 2.60. The fourth-order valence-corrected chi connectivity index (χ4v) is 1.24. The maximum atomic E-state index is 10.4. The van der Waals surface area contributed by atoms with E-state index in [4.69, 9.17) is 28.6 Å². The maximum absolute atomic E-state index is 10.4. The highest BCUT2D eigenvalue weighted by Crippen LogP contribution is 2.32. The van der Waals surface area contributed by atoms with E-state index in [0.717, 1.165) is 0 Å². The van der Waals surface area contributed by atoms with Gasteiger partial charge in [0, 0.05) is 6.07 Å². The quantitative estimate of drug-likeness (QED) is 0.757. The highest BCUT2D eigenvalue weighted by molar-refractivity contribution is 6.33. The van der Waals surface area contributed by atoms with E-state index < -0.39 is 0 Å². The number of aldehydes is 1. The first-order valence-electron chi connectivity index (χ1n) is 2.95. The number of phenols is 1. The number of rotatable bonds is 2. The Labute approximate surface area is 78.6 Å². The third-order valence-corrected chi connectivity index (χ3v) is 1.70. The first-order chi connectivity index (χ1) is 5.69. The molecule has 0 radical (unpaired) electrons. The summed E-state index contributed by atoms with van der Waals surface area (Å²) in [7, 11) is 0. The summed E-state index contributed by atoms with van der Waals surface area (Å²) in [5.74, 6) is -0.0642. The number of hydrogen-bond acceptors (Lipinski definition) is 3. The van der Waals surface area contributed by atoms with Crippen LogP contribution in [0.15, 0.2) is 12.1 Å². The van der Waals surface area contributed by atoms with Crippen LogP contribution in [0.25, 0.3) is 0 Å². The summed E-state index contributed by atoms with van der Waals surface area (Å²) in [6.45, 7) is 0. The number of carbonyl (C=O) groups is 1. The van der Waals surface area contributed by atoms with Gasteiger partial charge in [0.05, 0.1) is 10.6 Å². The molecule has 1 aromatic rings. The standard InChI is InChI=1S/C7H4Cl2O3/c8-6-2-5(11)1-4(3-10)7(6)12-9/h1-3,11H. The Kier molecular flexibility index (Phi) is 2.78. The van der Waals surface area contributed by atoms with Gasteiger partial charge in [-0.1, -0.05) is 11.6 Å². The van der Waals surface area contributed by atoms with Crippen molar-refractivity contribution in [2.45, 2.75) is 0 Å². The van der Waals surface area contributed by atoms with Crippen molar-refractivity contribution in [1.29, 1.82) is 0 Å². The van der Waals surface area contributed by atoms with Crippen molar-refractivity contribution in [2.75, 3.05) is 0 Å². The molecule has 0 bridgehead atoms. The van der Waals surface area contributed by atoms with Gasteiger partial charge in [-0.15, -0.1) is 0 Å². The Bertz CT molecular complexity index is 312. The Morgan fingerprint density at radius 1 is 1.50 bits per heavy atom. The maximum Gasteiger partial charge on any atom is 0.175 e. The summed E-state index contributed by atoms with van der Waals surface area (Å²) in [6.07, 6.45) is 0.489. The summed E-state index contributed by atoms with van der Waals surface area (Å²) >= 11 is 10.6. The number of phenolic OH excluding ortho intramolecular Hbond substituents is 1. The molecule has 1 N–H and O–H groups in total. The molecule has 0 atom stereocenters. The molecule has 0 saturated heterocycles. The van der Waals surface area contributed by atoms with Gasteiger partial charge < -0.3 is 9.40 Å². The minimum absolute atomic E-state index is 0.0473. The lowest BCUT2D eigenvalue weighted by atomic mass is 10.2. The number of halogens is 2. The minimum atomic E-state index is -0.112. The first-order valence-corrected chi connectivity index (χ1v) is 3.64. The van der Waals surface area contributed by atoms with Gasteiger partial charge in [0.1, 0.15) is 17.6 Å². The van der Waals surface area contributed by atoms with Crippen LogP contribution in [-0.4, -0.2) is 11.4 Å². The van der Waals surface area contributed by atoms with E-state index in [-0.39, 0.29) is 22.1 Å². The fourth-order valence-electron chi connectivity index (χ4n) is 0.769. The van der Waals surface area contributed by atoms with Crippen LogP contribution in [0.3, 0.4) is 0 Å². The highest BCUT2D eigenvalue weighted by Gasteiger charge is 2.09. The first kappa shape index (κ1) is 9.16. The zero-order valence-corrected chi connectivity index (χ0v) is 7.26. The predicted molar refractivity (Wildman–Crippen MR) is 45.0 cm³/mol. The largest absolute Gasteiger partial charge is 0.508 e. The van der Waals surface area contributed by atoms with Crippen LogP contribution in [0.5, 0.6) is 11.5 Å². The summed E-state index contributed by atoms with van der Waals surface area (Å²) in [4.78, 5) is 10.4.